The molecule has 1 aliphatic carbocycles. The maximum atomic E-state index is 11.9. The highest BCUT2D eigenvalue weighted by Crippen LogP contribution is 2.36. The van der Waals surface area contributed by atoms with E-state index >= 15 is 0 Å². The Morgan fingerprint density at radius 2 is 2.12 bits per heavy atom. The standard InChI is InChI=1S/C19H18N4O2/c20-12-21-19(24)13-6-7-17-16(10-13)22-18(14-8-9-25-11-14)23(17)15-4-2-1-3-5-15/h6-11,15H,1-5H2,(H,21,24). The lowest BCUT2D eigenvalue weighted by molar-refractivity contribution is 0.0973. The van der Waals surface area contributed by atoms with Crippen LogP contribution in [0.4, 0.5) is 0 Å². The summed E-state index contributed by atoms with van der Waals surface area (Å²) in [7, 11) is 0. The van der Waals surface area contributed by atoms with Crippen LogP contribution in [0, 0.1) is 11.5 Å². The van der Waals surface area contributed by atoms with Crippen LogP contribution in [0.25, 0.3) is 22.4 Å². The molecule has 0 saturated heterocycles. The monoisotopic (exact) mass is 334 g/mol. The van der Waals surface area contributed by atoms with Gasteiger partial charge in [-0.3, -0.25) is 10.1 Å². The summed E-state index contributed by atoms with van der Waals surface area (Å²) in [5.41, 5.74) is 3.13. The molecule has 126 valence electrons. The molecule has 1 fully saturated rings. The first kappa shape index (κ1) is 15.5. The Hall–Kier alpha value is -3.07. The Labute approximate surface area is 145 Å². The van der Waals surface area contributed by atoms with Crippen molar-refractivity contribution in [1.29, 1.82) is 5.26 Å². The van der Waals surface area contributed by atoms with Gasteiger partial charge in [0.05, 0.1) is 22.9 Å². The highest BCUT2D eigenvalue weighted by molar-refractivity contribution is 5.98. The predicted molar refractivity (Wildman–Crippen MR) is 92.6 cm³/mol. The summed E-state index contributed by atoms with van der Waals surface area (Å²) >= 11 is 0. The van der Waals surface area contributed by atoms with Crippen LogP contribution < -0.4 is 5.32 Å². The molecule has 25 heavy (non-hydrogen) atoms. The minimum atomic E-state index is -0.415. The Balaban J connectivity index is 1.86. The number of benzene rings is 1. The van der Waals surface area contributed by atoms with Gasteiger partial charge in [-0.05, 0) is 37.1 Å². The number of hydrogen-bond donors (Lipinski definition) is 1. The molecule has 0 aliphatic heterocycles. The number of nitrogens with one attached hydrogen (secondary N) is 1. The average Bonchev–Trinajstić information content (AvgIpc) is 3.29. The molecule has 2 aromatic heterocycles. The molecular weight excluding hydrogens is 316 g/mol. The molecule has 1 amide bonds. The predicted octanol–water partition coefficient (Wildman–Crippen LogP) is 4.01. The maximum Gasteiger partial charge on any atom is 0.264 e. The summed E-state index contributed by atoms with van der Waals surface area (Å²) in [6.07, 6.45) is 11.0. The molecule has 3 aromatic rings. The number of hydrogen-bond acceptors (Lipinski definition) is 4. The van der Waals surface area contributed by atoms with Crippen molar-refractivity contribution in [2.45, 2.75) is 38.1 Å². The number of nitriles is 1. The summed E-state index contributed by atoms with van der Waals surface area (Å²) in [5, 5.41) is 10.8. The highest BCUT2D eigenvalue weighted by Gasteiger charge is 2.23. The Kier molecular flexibility index (Phi) is 3.98. The fourth-order valence-corrected chi connectivity index (χ4v) is 3.67. The SMILES string of the molecule is N#CNC(=O)c1ccc2c(c1)nc(-c1ccoc1)n2C1CCCCC1. The van der Waals surface area contributed by atoms with Crippen molar-refractivity contribution in [2.75, 3.05) is 0 Å². The van der Waals surface area contributed by atoms with E-state index in [2.05, 4.69) is 9.88 Å². The number of carbonyl (C=O) groups is 1. The van der Waals surface area contributed by atoms with Crippen LogP contribution in [-0.4, -0.2) is 15.5 Å². The fraction of sp³-hybridized carbons (Fsp3) is 0.316. The van der Waals surface area contributed by atoms with Crippen molar-refractivity contribution < 1.29 is 9.21 Å². The van der Waals surface area contributed by atoms with Gasteiger partial charge < -0.3 is 8.98 Å². The number of fused-ring (bicyclic) bond motifs is 1. The molecule has 6 heteroatoms. The molecule has 1 N–H and O–H groups in total. The molecule has 6 nitrogen and oxygen atoms in total. The van der Waals surface area contributed by atoms with Crippen molar-refractivity contribution in [3.05, 3.63) is 42.4 Å². The number of amides is 1. The summed E-state index contributed by atoms with van der Waals surface area (Å²) in [4.78, 5) is 16.7. The van der Waals surface area contributed by atoms with Crippen LogP contribution in [0.1, 0.15) is 48.5 Å². The second-order valence-electron chi connectivity index (χ2n) is 6.38. The molecule has 0 unspecified atom stereocenters. The van der Waals surface area contributed by atoms with Crippen molar-refractivity contribution in [1.82, 2.24) is 14.9 Å². The smallest absolute Gasteiger partial charge is 0.264 e. The summed E-state index contributed by atoms with van der Waals surface area (Å²) in [6, 6.07) is 7.72. The van der Waals surface area contributed by atoms with Gasteiger partial charge in [0.2, 0.25) is 0 Å². The molecule has 0 radical (unpaired) electrons. The zero-order valence-electron chi connectivity index (χ0n) is 13.7. The molecule has 0 atom stereocenters. The molecule has 0 bridgehead atoms. The van der Waals surface area contributed by atoms with Crippen molar-refractivity contribution in [3.63, 3.8) is 0 Å². The topological polar surface area (TPSA) is 83.8 Å². The number of aromatic nitrogens is 2. The average molecular weight is 334 g/mol. The minimum absolute atomic E-state index is 0.405. The second-order valence-corrected chi connectivity index (χ2v) is 6.38. The number of nitrogens with zero attached hydrogens (tertiary/aromatic N) is 3. The lowest BCUT2D eigenvalue weighted by Crippen LogP contribution is -2.17. The van der Waals surface area contributed by atoms with Gasteiger partial charge in [-0.2, -0.15) is 5.26 Å². The van der Waals surface area contributed by atoms with Crippen LogP contribution in [0.2, 0.25) is 0 Å². The molecular formula is C19H18N4O2. The van der Waals surface area contributed by atoms with E-state index in [1.807, 2.05) is 12.1 Å². The largest absolute Gasteiger partial charge is 0.472 e. The van der Waals surface area contributed by atoms with Gasteiger partial charge in [-0.1, -0.05) is 19.3 Å². The lowest BCUT2D eigenvalue weighted by atomic mass is 9.95. The maximum absolute atomic E-state index is 11.9. The molecule has 1 aliphatic rings. The zero-order chi connectivity index (χ0) is 17.2. The normalized spacial score (nSPS) is 15.2. The van der Waals surface area contributed by atoms with Crippen LogP contribution in [0.15, 0.2) is 41.2 Å². The van der Waals surface area contributed by atoms with E-state index < -0.39 is 5.91 Å². The molecule has 1 saturated carbocycles. The summed E-state index contributed by atoms with van der Waals surface area (Å²) in [6.45, 7) is 0. The zero-order valence-corrected chi connectivity index (χ0v) is 13.7. The number of imidazole rings is 1. The highest BCUT2D eigenvalue weighted by atomic mass is 16.3. The van der Waals surface area contributed by atoms with Gasteiger partial charge in [0.1, 0.15) is 12.1 Å². The van der Waals surface area contributed by atoms with Crippen molar-refractivity contribution in [2.24, 2.45) is 0 Å². The quantitative estimate of drug-likeness (QED) is 0.579. The summed E-state index contributed by atoms with van der Waals surface area (Å²) < 4.78 is 7.53. The van der Waals surface area contributed by atoms with Crippen molar-refractivity contribution >= 4 is 16.9 Å². The second kappa shape index (κ2) is 6.44. The Morgan fingerprint density at radius 1 is 1.28 bits per heavy atom. The molecule has 4 rings (SSSR count). The van der Waals surface area contributed by atoms with Crippen LogP contribution in [-0.2, 0) is 0 Å². The van der Waals surface area contributed by atoms with Gasteiger partial charge in [0.15, 0.2) is 6.19 Å². The number of furan rings is 1. The first-order valence-corrected chi connectivity index (χ1v) is 8.52. The van der Waals surface area contributed by atoms with E-state index in [0.29, 0.717) is 11.6 Å². The fourth-order valence-electron chi connectivity index (χ4n) is 3.67. The van der Waals surface area contributed by atoms with E-state index in [4.69, 9.17) is 14.7 Å². The lowest BCUT2D eigenvalue weighted by Gasteiger charge is -2.25. The first-order chi connectivity index (χ1) is 12.3. The number of rotatable bonds is 3. The van der Waals surface area contributed by atoms with Crippen LogP contribution >= 0.6 is 0 Å². The Morgan fingerprint density at radius 3 is 2.84 bits per heavy atom. The third-order valence-corrected chi connectivity index (χ3v) is 4.84. The first-order valence-electron chi connectivity index (χ1n) is 8.52. The molecule has 0 spiro atoms. The van der Waals surface area contributed by atoms with Crippen molar-refractivity contribution in [3.8, 4) is 17.6 Å². The minimum Gasteiger partial charge on any atom is -0.472 e. The van der Waals surface area contributed by atoms with E-state index in [9.17, 15) is 4.79 Å². The third-order valence-electron chi connectivity index (χ3n) is 4.84. The summed E-state index contributed by atoms with van der Waals surface area (Å²) in [5.74, 6) is 0.454. The van der Waals surface area contributed by atoms with Gasteiger partial charge in [-0.15, -0.1) is 0 Å². The molecule has 1 aromatic carbocycles. The Bertz CT molecular complexity index is 944. The van der Waals surface area contributed by atoms with Gasteiger partial charge >= 0.3 is 0 Å². The van der Waals surface area contributed by atoms with Gasteiger partial charge in [0, 0.05) is 11.6 Å². The van der Waals surface area contributed by atoms with E-state index in [1.54, 1.807) is 30.9 Å². The van der Waals surface area contributed by atoms with Crippen LogP contribution in [0.5, 0.6) is 0 Å². The van der Waals surface area contributed by atoms with E-state index in [1.165, 1.54) is 19.3 Å². The van der Waals surface area contributed by atoms with Crippen LogP contribution in [0.3, 0.4) is 0 Å². The van der Waals surface area contributed by atoms with E-state index in [-0.39, 0.29) is 0 Å². The van der Waals surface area contributed by atoms with Gasteiger partial charge in [-0.25, -0.2) is 4.98 Å². The number of carbonyl (C=O) groups excluding carboxylic acids is 1. The third kappa shape index (κ3) is 2.78. The molecule has 2 heterocycles. The van der Waals surface area contributed by atoms with Gasteiger partial charge in [0.25, 0.3) is 5.91 Å². The van der Waals surface area contributed by atoms with E-state index in [0.717, 1.165) is 35.3 Å².